The molecule has 186 valence electrons. The lowest BCUT2D eigenvalue weighted by molar-refractivity contribution is 0.0647. The van der Waals surface area contributed by atoms with E-state index in [-0.39, 0.29) is 24.0 Å². The molecule has 4 rings (SSSR count). The SMILES string of the molecule is Oc1ccc(C(CCN(Cc2ccccc2)C[C@H](O)COc2ccccc2)c2ccc(O)cc2)cc1. The molecule has 0 fully saturated rings. The van der Waals surface area contributed by atoms with Crippen molar-refractivity contribution in [1.29, 1.82) is 0 Å². The third kappa shape index (κ3) is 7.60. The number of rotatable bonds is 12. The summed E-state index contributed by atoms with van der Waals surface area (Å²) in [5, 5.41) is 30.4. The number of hydrogen-bond acceptors (Lipinski definition) is 5. The summed E-state index contributed by atoms with van der Waals surface area (Å²) in [6.07, 6.45) is 0.156. The van der Waals surface area contributed by atoms with E-state index in [1.807, 2.05) is 72.8 Å². The van der Waals surface area contributed by atoms with Crippen molar-refractivity contribution < 1.29 is 20.1 Å². The van der Waals surface area contributed by atoms with Crippen LogP contribution in [-0.2, 0) is 6.54 Å². The molecule has 5 nitrogen and oxygen atoms in total. The molecule has 5 heteroatoms. The minimum atomic E-state index is -0.644. The Kier molecular flexibility index (Phi) is 8.98. The van der Waals surface area contributed by atoms with E-state index in [2.05, 4.69) is 17.0 Å². The highest BCUT2D eigenvalue weighted by atomic mass is 16.5. The highest BCUT2D eigenvalue weighted by Gasteiger charge is 2.19. The lowest BCUT2D eigenvalue weighted by atomic mass is 9.88. The number of nitrogens with zero attached hydrogens (tertiary/aromatic N) is 1. The number of aromatic hydroxyl groups is 2. The van der Waals surface area contributed by atoms with E-state index in [0.29, 0.717) is 13.1 Å². The van der Waals surface area contributed by atoms with Crippen LogP contribution in [0.1, 0.15) is 29.0 Å². The zero-order chi connectivity index (χ0) is 25.2. The van der Waals surface area contributed by atoms with Crippen molar-refractivity contribution in [1.82, 2.24) is 4.90 Å². The van der Waals surface area contributed by atoms with Gasteiger partial charge >= 0.3 is 0 Å². The smallest absolute Gasteiger partial charge is 0.119 e. The van der Waals surface area contributed by atoms with Crippen molar-refractivity contribution in [2.24, 2.45) is 0 Å². The molecule has 3 N–H and O–H groups in total. The molecular weight excluding hydrogens is 450 g/mol. The summed E-state index contributed by atoms with van der Waals surface area (Å²) >= 11 is 0. The molecule has 0 unspecified atom stereocenters. The van der Waals surface area contributed by atoms with E-state index in [1.165, 1.54) is 5.56 Å². The monoisotopic (exact) mass is 483 g/mol. The standard InChI is InChI=1S/C31H33NO4/c33-27-15-11-25(12-16-27)31(26-13-17-28(34)18-14-26)19-20-32(21-24-7-3-1-4-8-24)22-29(35)23-36-30-9-5-2-6-10-30/h1-18,29,31,33-35H,19-23H2/t29-/m0/s1. The molecule has 0 bridgehead atoms. The van der Waals surface area contributed by atoms with Gasteiger partial charge < -0.3 is 20.1 Å². The molecule has 0 radical (unpaired) electrons. The van der Waals surface area contributed by atoms with Gasteiger partial charge in [0.05, 0.1) is 0 Å². The molecule has 4 aromatic carbocycles. The van der Waals surface area contributed by atoms with Gasteiger partial charge in [0, 0.05) is 19.0 Å². The molecule has 0 saturated carbocycles. The molecule has 1 atom stereocenters. The van der Waals surface area contributed by atoms with Gasteiger partial charge in [-0.05, 0) is 66.1 Å². The number of ether oxygens (including phenoxy) is 1. The topological polar surface area (TPSA) is 73.2 Å². The average molecular weight is 484 g/mol. The van der Waals surface area contributed by atoms with Gasteiger partial charge in [0.2, 0.25) is 0 Å². The van der Waals surface area contributed by atoms with Gasteiger partial charge in [-0.1, -0.05) is 72.8 Å². The van der Waals surface area contributed by atoms with Crippen LogP contribution in [0, 0.1) is 0 Å². The van der Waals surface area contributed by atoms with Crippen LogP contribution in [0.2, 0.25) is 0 Å². The largest absolute Gasteiger partial charge is 0.508 e. The summed E-state index contributed by atoms with van der Waals surface area (Å²) in [5.41, 5.74) is 3.36. The summed E-state index contributed by atoms with van der Waals surface area (Å²) < 4.78 is 5.78. The van der Waals surface area contributed by atoms with Gasteiger partial charge in [-0.3, -0.25) is 4.90 Å². The highest BCUT2D eigenvalue weighted by Crippen LogP contribution is 2.31. The zero-order valence-corrected chi connectivity index (χ0v) is 20.3. The number of aliphatic hydroxyl groups is 1. The van der Waals surface area contributed by atoms with Crippen LogP contribution in [-0.4, -0.2) is 46.0 Å². The molecule has 0 saturated heterocycles. The van der Waals surface area contributed by atoms with Gasteiger partial charge in [-0.2, -0.15) is 0 Å². The van der Waals surface area contributed by atoms with Gasteiger partial charge in [-0.15, -0.1) is 0 Å². The van der Waals surface area contributed by atoms with Crippen molar-refractivity contribution >= 4 is 0 Å². The van der Waals surface area contributed by atoms with Crippen LogP contribution in [0.4, 0.5) is 0 Å². The molecule has 0 heterocycles. The Bertz CT molecular complexity index is 1120. The van der Waals surface area contributed by atoms with Crippen LogP contribution in [0.25, 0.3) is 0 Å². The van der Waals surface area contributed by atoms with Gasteiger partial charge in [0.15, 0.2) is 0 Å². The highest BCUT2D eigenvalue weighted by molar-refractivity contribution is 5.37. The van der Waals surface area contributed by atoms with E-state index >= 15 is 0 Å². The Morgan fingerprint density at radius 3 is 1.75 bits per heavy atom. The van der Waals surface area contributed by atoms with E-state index in [4.69, 9.17) is 4.74 Å². The Morgan fingerprint density at radius 2 is 1.19 bits per heavy atom. The molecule has 0 aliphatic rings. The lowest BCUT2D eigenvalue weighted by Gasteiger charge is -2.28. The number of aliphatic hydroxyl groups excluding tert-OH is 1. The summed E-state index contributed by atoms with van der Waals surface area (Å²) in [6, 6.07) is 34.3. The van der Waals surface area contributed by atoms with Crippen LogP contribution >= 0.6 is 0 Å². The van der Waals surface area contributed by atoms with E-state index < -0.39 is 6.10 Å². The maximum atomic E-state index is 10.8. The first-order chi connectivity index (χ1) is 17.6. The molecule has 36 heavy (non-hydrogen) atoms. The lowest BCUT2D eigenvalue weighted by Crippen LogP contribution is -2.36. The summed E-state index contributed by atoms with van der Waals surface area (Å²) in [6.45, 7) is 2.14. The maximum absolute atomic E-state index is 10.8. The Morgan fingerprint density at radius 1 is 0.667 bits per heavy atom. The van der Waals surface area contributed by atoms with E-state index in [1.54, 1.807) is 24.3 Å². The third-order valence-corrected chi connectivity index (χ3v) is 6.23. The van der Waals surface area contributed by atoms with Crippen molar-refractivity contribution in [3.63, 3.8) is 0 Å². The van der Waals surface area contributed by atoms with Crippen molar-refractivity contribution in [2.75, 3.05) is 19.7 Å². The summed E-state index contributed by atoms with van der Waals surface area (Å²) in [5.74, 6) is 1.28. The molecule has 0 aromatic heterocycles. The molecule has 0 amide bonds. The Labute approximate surface area is 212 Å². The predicted molar refractivity (Wildman–Crippen MR) is 142 cm³/mol. The fourth-order valence-electron chi connectivity index (χ4n) is 4.39. The minimum Gasteiger partial charge on any atom is -0.508 e. The second kappa shape index (κ2) is 12.8. The first kappa shape index (κ1) is 25.3. The van der Waals surface area contributed by atoms with E-state index in [9.17, 15) is 15.3 Å². The Balaban J connectivity index is 1.48. The van der Waals surface area contributed by atoms with Crippen LogP contribution in [0.15, 0.2) is 109 Å². The molecule has 0 aliphatic heterocycles. The minimum absolute atomic E-state index is 0.0715. The summed E-state index contributed by atoms with van der Waals surface area (Å²) in [7, 11) is 0. The number of hydrogen-bond donors (Lipinski definition) is 3. The quantitative estimate of drug-likeness (QED) is 0.246. The molecular formula is C31H33NO4. The van der Waals surface area contributed by atoms with Gasteiger partial charge in [-0.25, -0.2) is 0 Å². The number of phenolic OH excluding ortho intramolecular Hbond substituents is 2. The van der Waals surface area contributed by atoms with Crippen LogP contribution < -0.4 is 4.74 Å². The van der Waals surface area contributed by atoms with Crippen molar-refractivity contribution in [2.45, 2.75) is 25.0 Å². The second-order valence-electron chi connectivity index (χ2n) is 9.02. The van der Waals surface area contributed by atoms with Gasteiger partial charge in [0.25, 0.3) is 0 Å². The number of phenols is 2. The van der Waals surface area contributed by atoms with Gasteiger partial charge in [0.1, 0.15) is 30.0 Å². The molecule has 0 spiro atoms. The fraction of sp³-hybridized carbons (Fsp3) is 0.226. The first-order valence-electron chi connectivity index (χ1n) is 12.3. The van der Waals surface area contributed by atoms with Crippen molar-refractivity contribution in [3.8, 4) is 17.2 Å². The average Bonchev–Trinajstić information content (AvgIpc) is 2.90. The maximum Gasteiger partial charge on any atom is 0.119 e. The zero-order valence-electron chi connectivity index (χ0n) is 20.3. The Hall–Kier alpha value is -3.80. The van der Waals surface area contributed by atoms with E-state index in [0.717, 1.165) is 29.8 Å². The van der Waals surface area contributed by atoms with Crippen LogP contribution in [0.3, 0.4) is 0 Å². The normalized spacial score (nSPS) is 12.1. The van der Waals surface area contributed by atoms with Crippen molar-refractivity contribution in [3.05, 3.63) is 126 Å². The first-order valence-corrected chi connectivity index (χ1v) is 12.3. The third-order valence-electron chi connectivity index (χ3n) is 6.23. The molecule has 0 aliphatic carbocycles. The fourth-order valence-corrected chi connectivity index (χ4v) is 4.39. The van der Waals surface area contributed by atoms with Crippen LogP contribution in [0.5, 0.6) is 17.2 Å². The number of para-hydroxylation sites is 1. The molecule has 4 aromatic rings. The second-order valence-corrected chi connectivity index (χ2v) is 9.02. The summed E-state index contributed by atoms with van der Waals surface area (Å²) in [4.78, 5) is 2.25. The number of benzene rings is 4. The predicted octanol–water partition coefficient (Wildman–Crippen LogP) is 5.56.